The van der Waals surface area contributed by atoms with Crippen molar-refractivity contribution in [3.63, 3.8) is 0 Å². The molecular weight excluding hydrogens is 288 g/mol. The molecule has 0 saturated heterocycles. The van der Waals surface area contributed by atoms with Gasteiger partial charge in [-0.3, -0.25) is 0 Å². The lowest BCUT2D eigenvalue weighted by molar-refractivity contribution is 0.179. The van der Waals surface area contributed by atoms with E-state index in [1.807, 2.05) is 0 Å². The highest BCUT2D eigenvalue weighted by Crippen LogP contribution is 2.37. The zero-order chi connectivity index (χ0) is 13.0. The van der Waals surface area contributed by atoms with Crippen LogP contribution < -0.4 is 5.73 Å². The molecule has 2 rings (SSSR count). The van der Waals surface area contributed by atoms with Crippen LogP contribution in [0.25, 0.3) is 0 Å². The number of rotatable bonds is 5. The van der Waals surface area contributed by atoms with Crippen LogP contribution in [0.1, 0.15) is 31.2 Å². The normalized spacial score (nSPS) is 18.4. The largest absolute Gasteiger partial charge is 0.330 e. The summed E-state index contributed by atoms with van der Waals surface area (Å²) in [5, 5.41) is 0. The maximum Gasteiger partial charge on any atom is 0.0242 e. The Labute approximate surface area is 119 Å². The molecule has 0 aliphatic heterocycles. The van der Waals surface area contributed by atoms with Gasteiger partial charge in [0.1, 0.15) is 0 Å². The molecule has 0 amide bonds. The Balaban J connectivity index is 1.96. The number of nitrogens with zero attached hydrogens (tertiary/aromatic N) is 1. The highest BCUT2D eigenvalue weighted by molar-refractivity contribution is 9.10. The monoisotopic (exact) mass is 310 g/mol. The Morgan fingerprint density at radius 1 is 1.28 bits per heavy atom. The fourth-order valence-electron chi connectivity index (χ4n) is 3.10. The van der Waals surface area contributed by atoms with E-state index in [9.17, 15) is 0 Å². The molecular formula is C15H23BrN2. The van der Waals surface area contributed by atoms with Gasteiger partial charge >= 0.3 is 0 Å². The van der Waals surface area contributed by atoms with Gasteiger partial charge in [-0.1, -0.05) is 47.0 Å². The highest BCUT2D eigenvalue weighted by atomic mass is 79.9. The first kappa shape index (κ1) is 14.0. The molecule has 2 nitrogen and oxygen atoms in total. The van der Waals surface area contributed by atoms with Gasteiger partial charge in [-0.05, 0) is 43.5 Å². The zero-order valence-electron chi connectivity index (χ0n) is 11.2. The van der Waals surface area contributed by atoms with Crippen molar-refractivity contribution in [3.8, 4) is 0 Å². The number of benzene rings is 1. The average molecular weight is 311 g/mol. The summed E-state index contributed by atoms with van der Waals surface area (Å²) >= 11 is 3.62. The molecule has 0 heterocycles. The predicted molar refractivity (Wildman–Crippen MR) is 80.4 cm³/mol. The van der Waals surface area contributed by atoms with E-state index in [1.165, 1.54) is 35.7 Å². The molecule has 1 saturated carbocycles. The maximum absolute atomic E-state index is 6.00. The summed E-state index contributed by atoms with van der Waals surface area (Å²) in [6.07, 6.45) is 5.29. The van der Waals surface area contributed by atoms with E-state index >= 15 is 0 Å². The molecule has 1 aromatic rings. The van der Waals surface area contributed by atoms with Gasteiger partial charge in [0.05, 0.1) is 0 Å². The molecule has 1 aromatic carbocycles. The topological polar surface area (TPSA) is 29.3 Å². The molecule has 1 aliphatic carbocycles. The van der Waals surface area contributed by atoms with Gasteiger partial charge in [-0.25, -0.2) is 0 Å². The van der Waals surface area contributed by atoms with Crippen LogP contribution in [0.2, 0.25) is 0 Å². The molecule has 18 heavy (non-hydrogen) atoms. The van der Waals surface area contributed by atoms with Gasteiger partial charge in [-0.2, -0.15) is 0 Å². The molecule has 3 heteroatoms. The van der Waals surface area contributed by atoms with Crippen molar-refractivity contribution >= 4 is 15.9 Å². The summed E-state index contributed by atoms with van der Waals surface area (Å²) in [6, 6.07) is 8.45. The number of hydrogen-bond donors (Lipinski definition) is 1. The van der Waals surface area contributed by atoms with Crippen LogP contribution in [0.5, 0.6) is 0 Å². The molecule has 2 N–H and O–H groups in total. The smallest absolute Gasteiger partial charge is 0.0242 e. The molecule has 0 radical (unpaired) electrons. The molecule has 100 valence electrons. The summed E-state index contributed by atoms with van der Waals surface area (Å²) in [5.41, 5.74) is 7.73. The Bertz CT molecular complexity index is 386. The lowest BCUT2D eigenvalue weighted by atomic mass is 9.86. The van der Waals surface area contributed by atoms with Gasteiger partial charge in [0.25, 0.3) is 0 Å². The molecule has 1 fully saturated rings. The van der Waals surface area contributed by atoms with E-state index in [0.29, 0.717) is 5.41 Å². The summed E-state index contributed by atoms with van der Waals surface area (Å²) in [6.45, 7) is 2.93. The second-order valence-electron chi connectivity index (χ2n) is 5.67. The lowest BCUT2D eigenvalue weighted by Gasteiger charge is -2.32. The third-order valence-corrected chi connectivity index (χ3v) is 4.87. The van der Waals surface area contributed by atoms with Crippen LogP contribution >= 0.6 is 15.9 Å². The molecule has 0 aromatic heterocycles. The highest BCUT2D eigenvalue weighted by Gasteiger charge is 2.33. The van der Waals surface area contributed by atoms with Crippen molar-refractivity contribution in [2.45, 2.75) is 32.2 Å². The van der Waals surface area contributed by atoms with Crippen molar-refractivity contribution < 1.29 is 0 Å². The first-order valence-electron chi connectivity index (χ1n) is 6.77. The Hall–Kier alpha value is -0.380. The first-order chi connectivity index (χ1) is 8.65. The van der Waals surface area contributed by atoms with Crippen LogP contribution in [0.4, 0.5) is 0 Å². The van der Waals surface area contributed by atoms with E-state index in [4.69, 9.17) is 5.73 Å². The SMILES string of the molecule is CN(Cc1ccccc1Br)CC1(CN)CCCC1. The number of halogens is 1. The van der Waals surface area contributed by atoms with E-state index in [0.717, 1.165) is 19.6 Å². The van der Waals surface area contributed by atoms with E-state index < -0.39 is 0 Å². The molecule has 0 bridgehead atoms. The van der Waals surface area contributed by atoms with Gasteiger partial charge in [-0.15, -0.1) is 0 Å². The lowest BCUT2D eigenvalue weighted by Crippen LogP contribution is -2.39. The fraction of sp³-hybridized carbons (Fsp3) is 0.600. The minimum Gasteiger partial charge on any atom is -0.330 e. The summed E-state index contributed by atoms with van der Waals surface area (Å²) < 4.78 is 1.20. The van der Waals surface area contributed by atoms with Crippen molar-refractivity contribution in [3.05, 3.63) is 34.3 Å². The third kappa shape index (κ3) is 3.34. The average Bonchev–Trinajstić information content (AvgIpc) is 2.81. The van der Waals surface area contributed by atoms with Gasteiger partial charge in [0, 0.05) is 17.6 Å². The van der Waals surface area contributed by atoms with Crippen molar-refractivity contribution in [1.82, 2.24) is 4.90 Å². The summed E-state index contributed by atoms with van der Waals surface area (Å²) in [7, 11) is 2.20. The minimum atomic E-state index is 0.371. The van der Waals surface area contributed by atoms with Crippen molar-refractivity contribution in [2.24, 2.45) is 11.1 Å². The third-order valence-electron chi connectivity index (χ3n) is 4.10. The Morgan fingerprint density at radius 3 is 2.56 bits per heavy atom. The quantitative estimate of drug-likeness (QED) is 0.903. The maximum atomic E-state index is 6.00. The second-order valence-corrected chi connectivity index (χ2v) is 6.53. The fourth-order valence-corrected chi connectivity index (χ4v) is 3.51. The van der Waals surface area contributed by atoms with Crippen molar-refractivity contribution in [2.75, 3.05) is 20.1 Å². The first-order valence-corrected chi connectivity index (χ1v) is 7.57. The molecule has 0 atom stereocenters. The van der Waals surface area contributed by atoms with E-state index in [-0.39, 0.29) is 0 Å². The molecule has 0 spiro atoms. The van der Waals surface area contributed by atoms with Crippen LogP contribution in [0, 0.1) is 5.41 Å². The van der Waals surface area contributed by atoms with E-state index in [1.54, 1.807) is 0 Å². The summed E-state index contributed by atoms with van der Waals surface area (Å²) in [4.78, 5) is 2.41. The van der Waals surface area contributed by atoms with Crippen molar-refractivity contribution in [1.29, 1.82) is 0 Å². The Morgan fingerprint density at radius 2 is 1.94 bits per heavy atom. The summed E-state index contributed by atoms with van der Waals surface area (Å²) in [5.74, 6) is 0. The van der Waals surface area contributed by atoms with Gasteiger partial charge < -0.3 is 10.6 Å². The van der Waals surface area contributed by atoms with Gasteiger partial charge in [0.2, 0.25) is 0 Å². The van der Waals surface area contributed by atoms with E-state index in [2.05, 4.69) is 52.1 Å². The van der Waals surface area contributed by atoms with Crippen LogP contribution in [0.3, 0.4) is 0 Å². The molecule has 0 unspecified atom stereocenters. The van der Waals surface area contributed by atoms with Gasteiger partial charge in [0.15, 0.2) is 0 Å². The standard InChI is InChI=1S/C15H23BrN2/c1-18(10-13-6-2-3-7-14(13)16)12-15(11-17)8-4-5-9-15/h2-3,6-7H,4-5,8-12,17H2,1H3. The van der Waals surface area contributed by atoms with Crippen LogP contribution in [-0.2, 0) is 6.54 Å². The minimum absolute atomic E-state index is 0.371. The van der Waals surface area contributed by atoms with Crippen LogP contribution in [0.15, 0.2) is 28.7 Å². The number of hydrogen-bond acceptors (Lipinski definition) is 2. The van der Waals surface area contributed by atoms with Crippen LogP contribution in [-0.4, -0.2) is 25.0 Å². The Kier molecular flexibility index (Phi) is 4.82. The second kappa shape index (κ2) is 6.18. The number of nitrogens with two attached hydrogens (primary N) is 1. The predicted octanol–water partition coefficient (Wildman–Crippen LogP) is 3.40. The molecule has 1 aliphatic rings. The zero-order valence-corrected chi connectivity index (χ0v) is 12.7.